The van der Waals surface area contributed by atoms with Crippen molar-refractivity contribution in [1.29, 1.82) is 5.26 Å². The van der Waals surface area contributed by atoms with Gasteiger partial charge in [-0.25, -0.2) is 4.98 Å². The smallest absolute Gasteiger partial charge is 0.168 e. The molecule has 30 heavy (non-hydrogen) atoms. The van der Waals surface area contributed by atoms with Crippen molar-refractivity contribution in [1.82, 2.24) is 9.97 Å². The first kappa shape index (κ1) is 19.6. The zero-order valence-corrected chi connectivity index (χ0v) is 17.0. The molecule has 0 unspecified atom stereocenters. The third-order valence-electron chi connectivity index (χ3n) is 4.62. The first-order chi connectivity index (χ1) is 14.7. The maximum absolute atomic E-state index is 9.76. The lowest BCUT2D eigenvalue weighted by Gasteiger charge is -2.14. The molecule has 0 spiro atoms. The van der Waals surface area contributed by atoms with Crippen molar-refractivity contribution in [2.75, 3.05) is 7.11 Å². The molecule has 0 saturated heterocycles. The molecule has 5 nitrogen and oxygen atoms in total. The number of allylic oxidation sites excluding steroid dienone is 1. The molecule has 0 atom stereocenters. The largest absolute Gasteiger partial charge is 0.493 e. The molecule has 0 bridgehead atoms. The summed E-state index contributed by atoms with van der Waals surface area (Å²) in [6.07, 6.45) is 1.74. The second-order valence-electron chi connectivity index (χ2n) is 6.53. The number of nitriles is 1. The van der Waals surface area contributed by atoms with Crippen molar-refractivity contribution in [2.45, 2.75) is 6.61 Å². The predicted molar refractivity (Wildman–Crippen MR) is 118 cm³/mol. The Bertz CT molecular complexity index is 1240. The summed E-state index contributed by atoms with van der Waals surface area (Å²) in [5.41, 5.74) is 3.63. The van der Waals surface area contributed by atoms with Gasteiger partial charge in [0.1, 0.15) is 18.5 Å². The van der Waals surface area contributed by atoms with Gasteiger partial charge in [-0.05, 0) is 30.3 Å². The quantitative estimate of drug-likeness (QED) is 0.400. The Morgan fingerprint density at radius 3 is 2.67 bits per heavy atom. The van der Waals surface area contributed by atoms with Gasteiger partial charge in [-0.2, -0.15) is 5.26 Å². The van der Waals surface area contributed by atoms with Gasteiger partial charge in [0.2, 0.25) is 0 Å². The summed E-state index contributed by atoms with van der Waals surface area (Å²) in [4.78, 5) is 7.71. The highest BCUT2D eigenvalue weighted by Crippen LogP contribution is 2.34. The summed E-state index contributed by atoms with van der Waals surface area (Å²) < 4.78 is 11.6. The lowest BCUT2D eigenvalue weighted by molar-refractivity contribution is 0.284. The summed E-state index contributed by atoms with van der Waals surface area (Å²) in [7, 11) is 1.58. The van der Waals surface area contributed by atoms with E-state index < -0.39 is 0 Å². The highest BCUT2D eigenvalue weighted by Gasteiger charge is 2.14. The van der Waals surface area contributed by atoms with Crippen molar-refractivity contribution in [3.63, 3.8) is 0 Å². The van der Waals surface area contributed by atoms with Gasteiger partial charge in [0.05, 0.1) is 23.7 Å². The van der Waals surface area contributed by atoms with Gasteiger partial charge in [-0.1, -0.05) is 54.1 Å². The van der Waals surface area contributed by atoms with Gasteiger partial charge in [-0.15, -0.1) is 0 Å². The number of H-pyrrole nitrogens is 1. The number of rotatable bonds is 6. The van der Waals surface area contributed by atoms with Crippen LogP contribution >= 0.6 is 11.6 Å². The van der Waals surface area contributed by atoms with Crippen LogP contribution in [-0.2, 0) is 6.61 Å². The number of ether oxygens (including phenoxy) is 2. The molecule has 0 saturated carbocycles. The minimum atomic E-state index is 0.271. The van der Waals surface area contributed by atoms with Crippen LogP contribution in [0.25, 0.3) is 22.7 Å². The number of aromatic nitrogens is 2. The van der Waals surface area contributed by atoms with E-state index in [0.717, 1.165) is 16.6 Å². The topological polar surface area (TPSA) is 70.9 Å². The molecule has 0 aliphatic rings. The molecular weight excluding hydrogens is 398 g/mol. The molecule has 4 aromatic rings. The van der Waals surface area contributed by atoms with Crippen molar-refractivity contribution < 1.29 is 9.47 Å². The van der Waals surface area contributed by atoms with Crippen LogP contribution in [-0.4, -0.2) is 17.1 Å². The minimum absolute atomic E-state index is 0.271. The van der Waals surface area contributed by atoms with Crippen LogP contribution in [0.5, 0.6) is 11.5 Å². The minimum Gasteiger partial charge on any atom is -0.493 e. The first-order valence-corrected chi connectivity index (χ1v) is 9.67. The molecule has 1 heterocycles. The molecular formula is C24H18ClN3O2. The summed E-state index contributed by atoms with van der Waals surface area (Å²) in [5.74, 6) is 1.60. The molecule has 4 rings (SSSR count). The Morgan fingerprint density at radius 2 is 1.90 bits per heavy atom. The molecule has 0 amide bonds. The van der Waals surface area contributed by atoms with E-state index in [9.17, 15) is 5.26 Å². The van der Waals surface area contributed by atoms with Crippen LogP contribution in [0.4, 0.5) is 0 Å². The van der Waals surface area contributed by atoms with Crippen LogP contribution in [0.15, 0.2) is 66.7 Å². The molecule has 3 aromatic carbocycles. The number of benzene rings is 3. The maximum atomic E-state index is 9.76. The zero-order valence-electron chi connectivity index (χ0n) is 16.2. The third kappa shape index (κ3) is 4.00. The van der Waals surface area contributed by atoms with Crippen LogP contribution < -0.4 is 9.47 Å². The fourth-order valence-corrected chi connectivity index (χ4v) is 3.31. The van der Waals surface area contributed by atoms with Crippen LogP contribution in [0.1, 0.15) is 17.0 Å². The number of nitrogens with zero attached hydrogens (tertiary/aromatic N) is 2. The molecule has 148 valence electrons. The van der Waals surface area contributed by atoms with Crippen LogP contribution in [0.3, 0.4) is 0 Å². The maximum Gasteiger partial charge on any atom is 0.168 e. The lowest BCUT2D eigenvalue weighted by atomic mass is 10.1. The van der Waals surface area contributed by atoms with Crippen molar-refractivity contribution in [3.05, 3.63) is 88.7 Å². The van der Waals surface area contributed by atoms with Gasteiger partial charge < -0.3 is 14.5 Å². The highest BCUT2D eigenvalue weighted by atomic mass is 35.5. The van der Waals surface area contributed by atoms with Crippen molar-refractivity contribution in [2.24, 2.45) is 0 Å². The average molecular weight is 416 g/mol. The Labute approximate surface area is 179 Å². The summed E-state index contributed by atoms with van der Waals surface area (Å²) in [6.45, 7) is 0.271. The van der Waals surface area contributed by atoms with Crippen molar-refractivity contribution >= 4 is 34.3 Å². The number of methoxy groups -OCH3 is 1. The standard InChI is InChI=1S/C24H18ClN3O2/c1-29-22-12-6-8-16(23(22)30-15-17-7-2-3-9-19(17)25)13-18(14-26)24-27-20-10-4-5-11-21(20)28-24/h2-13H,15H2,1H3,(H,27,28)/b18-13+. The molecule has 0 radical (unpaired) electrons. The molecule has 6 heteroatoms. The molecule has 0 fully saturated rings. The number of nitrogens with one attached hydrogen (secondary N) is 1. The molecule has 1 aromatic heterocycles. The van der Waals surface area contributed by atoms with E-state index in [1.54, 1.807) is 13.2 Å². The number of para-hydroxylation sites is 3. The van der Waals surface area contributed by atoms with E-state index in [2.05, 4.69) is 16.0 Å². The Hall–Kier alpha value is -3.75. The number of aromatic amines is 1. The second-order valence-corrected chi connectivity index (χ2v) is 6.94. The van der Waals surface area contributed by atoms with Gasteiger partial charge in [0, 0.05) is 16.1 Å². The summed E-state index contributed by atoms with van der Waals surface area (Å²) >= 11 is 6.25. The van der Waals surface area contributed by atoms with Gasteiger partial charge >= 0.3 is 0 Å². The fraction of sp³-hybridized carbons (Fsp3) is 0.0833. The van der Waals surface area contributed by atoms with E-state index in [-0.39, 0.29) is 6.61 Å². The number of hydrogen-bond acceptors (Lipinski definition) is 4. The van der Waals surface area contributed by atoms with Gasteiger partial charge in [0.15, 0.2) is 11.5 Å². The lowest BCUT2D eigenvalue weighted by Crippen LogP contribution is -2.00. The average Bonchev–Trinajstić information content (AvgIpc) is 3.21. The van der Waals surface area contributed by atoms with Gasteiger partial charge in [-0.3, -0.25) is 0 Å². The monoisotopic (exact) mass is 415 g/mol. The molecule has 0 aliphatic heterocycles. The molecule has 1 N–H and O–H groups in total. The zero-order chi connectivity index (χ0) is 20.9. The number of halogens is 1. The van der Waals surface area contributed by atoms with Gasteiger partial charge in [0.25, 0.3) is 0 Å². The Balaban J connectivity index is 1.72. The Morgan fingerprint density at radius 1 is 1.10 bits per heavy atom. The van der Waals surface area contributed by atoms with E-state index >= 15 is 0 Å². The van der Waals surface area contributed by atoms with E-state index in [4.69, 9.17) is 21.1 Å². The number of imidazole rings is 1. The Kier molecular flexibility index (Phi) is 5.69. The normalized spacial score (nSPS) is 11.3. The van der Waals surface area contributed by atoms with Crippen LogP contribution in [0, 0.1) is 11.3 Å². The van der Waals surface area contributed by atoms with E-state index in [1.807, 2.05) is 66.7 Å². The van der Waals surface area contributed by atoms with Crippen LogP contribution in [0.2, 0.25) is 5.02 Å². The predicted octanol–water partition coefficient (Wildman–Crippen LogP) is 5.87. The van der Waals surface area contributed by atoms with E-state index in [0.29, 0.717) is 33.5 Å². The fourth-order valence-electron chi connectivity index (χ4n) is 3.12. The second kappa shape index (κ2) is 8.73. The third-order valence-corrected chi connectivity index (χ3v) is 4.99. The van der Waals surface area contributed by atoms with Crippen molar-refractivity contribution in [3.8, 4) is 17.6 Å². The summed E-state index contributed by atoms with van der Waals surface area (Å²) in [6, 6.07) is 22.9. The number of hydrogen-bond donors (Lipinski definition) is 1. The molecule has 0 aliphatic carbocycles. The number of fused-ring (bicyclic) bond motifs is 1. The summed E-state index contributed by atoms with van der Waals surface area (Å²) in [5, 5.41) is 10.4. The highest BCUT2D eigenvalue weighted by molar-refractivity contribution is 6.31. The first-order valence-electron chi connectivity index (χ1n) is 9.29. The van der Waals surface area contributed by atoms with E-state index in [1.165, 1.54) is 0 Å². The SMILES string of the molecule is COc1cccc(/C=C(\C#N)c2nc3ccccc3[nH]2)c1OCc1ccccc1Cl.